The Kier molecular flexibility index (Phi) is 5.26. The molecule has 0 fully saturated rings. The van der Waals surface area contributed by atoms with Crippen LogP contribution in [0, 0.1) is 0 Å². The molecule has 5 atom stereocenters. The van der Waals surface area contributed by atoms with E-state index in [1.54, 1.807) is 0 Å². The summed E-state index contributed by atoms with van der Waals surface area (Å²) in [7, 11) is -0.635. The molecule has 0 aliphatic rings. The van der Waals surface area contributed by atoms with E-state index >= 15 is 0 Å². The zero-order chi connectivity index (χ0) is 12.0. The maximum absolute atomic E-state index is 9.21. The van der Waals surface area contributed by atoms with Crippen LogP contribution in [-0.4, -0.2) is 75.0 Å². The Morgan fingerprint density at radius 3 is 2.07 bits per heavy atom. The first kappa shape index (κ1) is 11.8. The van der Waals surface area contributed by atoms with Crippen LogP contribution in [0.1, 0.15) is 1.37 Å². The van der Waals surface area contributed by atoms with Crippen molar-refractivity contribution in [3.63, 3.8) is 0 Å². The van der Waals surface area contributed by atoms with Gasteiger partial charge in [-0.05, 0) is 0 Å². The minimum absolute atomic E-state index is 0.635. The van der Waals surface area contributed by atoms with Gasteiger partial charge < -0.3 is 35.4 Å². The molecule has 0 spiro atoms. The van der Waals surface area contributed by atoms with Crippen LogP contribution in [-0.2, 0) is 4.74 Å². The lowest BCUT2D eigenvalue weighted by molar-refractivity contribution is -0.201. The van der Waals surface area contributed by atoms with E-state index < -0.39 is 44.4 Å². The topological polar surface area (TPSA) is 131 Å². The molecule has 14 heavy (non-hydrogen) atoms. The Balaban J connectivity index is 4.22. The number of ether oxygens (including phenoxy) is 1. The van der Waals surface area contributed by atoms with E-state index in [1.807, 2.05) is 0 Å². The molecule has 0 saturated heterocycles. The highest BCUT2D eigenvalue weighted by molar-refractivity contribution is 4.81. The molecule has 0 aromatic heterocycles. The average molecular weight is 213 g/mol. The molecule has 0 rings (SSSR count). The molecule has 0 radical (unpaired) electrons. The van der Waals surface area contributed by atoms with Crippen molar-refractivity contribution in [3.8, 4) is 0 Å². The van der Waals surface area contributed by atoms with Crippen molar-refractivity contribution < 1.29 is 36.7 Å². The minimum Gasteiger partial charge on any atom is -0.394 e. The van der Waals surface area contributed by atoms with Gasteiger partial charge in [-0.2, -0.15) is 0 Å². The van der Waals surface area contributed by atoms with Gasteiger partial charge in [-0.1, -0.05) is 0 Å². The van der Waals surface area contributed by atoms with Crippen molar-refractivity contribution in [2.45, 2.75) is 30.7 Å². The van der Waals surface area contributed by atoms with Crippen molar-refractivity contribution in [2.24, 2.45) is 0 Å². The molecule has 0 bridgehead atoms. The zero-order valence-electron chi connectivity index (χ0n) is 8.39. The highest BCUT2D eigenvalue weighted by Gasteiger charge is 2.33. The average Bonchev–Trinajstić information content (AvgIpc) is 2.25. The third-order valence-electron chi connectivity index (χ3n) is 1.74. The smallest absolute Gasteiger partial charge is 0.183 e. The fourth-order valence-electron chi connectivity index (χ4n) is 0.805. The van der Waals surface area contributed by atoms with Gasteiger partial charge in [0.1, 0.15) is 24.4 Å². The predicted octanol–water partition coefficient (Wildman–Crippen LogP) is -3.61. The summed E-state index contributed by atoms with van der Waals surface area (Å²) in [4.78, 5) is 0. The van der Waals surface area contributed by atoms with Crippen LogP contribution in [0.25, 0.3) is 0 Å². The first-order chi connectivity index (χ1) is 6.95. The molecular weight excluding hydrogens is 196 g/mol. The third-order valence-corrected chi connectivity index (χ3v) is 1.74. The fraction of sp³-hybridized carbons (Fsp3) is 1.00. The lowest BCUT2D eigenvalue weighted by Gasteiger charge is -2.27. The molecule has 7 heteroatoms. The summed E-state index contributed by atoms with van der Waals surface area (Å²) in [5.74, 6) is 0. The molecule has 6 N–H and O–H groups in total. The van der Waals surface area contributed by atoms with E-state index in [4.69, 9.17) is 21.8 Å². The van der Waals surface area contributed by atoms with Crippen molar-refractivity contribution >= 4 is 0 Å². The van der Waals surface area contributed by atoms with Crippen LogP contribution in [0.4, 0.5) is 0 Å². The van der Waals surface area contributed by atoms with Gasteiger partial charge in [0.2, 0.25) is 0 Å². The quantitative estimate of drug-likeness (QED) is 0.251. The Morgan fingerprint density at radius 2 is 1.64 bits per heavy atom. The van der Waals surface area contributed by atoms with E-state index in [-0.39, 0.29) is 0 Å². The van der Waals surface area contributed by atoms with E-state index in [0.717, 1.165) is 0 Å². The highest BCUT2D eigenvalue weighted by Crippen LogP contribution is 2.08. The number of methoxy groups -OCH3 is 1. The normalized spacial score (nSPS) is 23.4. The monoisotopic (exact) mass is 213 g/mol. The van der Waals surface area contributed by atoms with Gasteiger partial charge in [-0.15, -0.1) is 0 Å². The largest absolute Gasteiger partial charge is 0.394 e. The molecular formula is C7H16O7. The summed E-state index contributed by atoms with van der Waals surface area (Å²) in [6.07, 6.45) is -9.09. The molecule has 0 saturated carbocycles. The summed E-state index contributed by atoms with van der Waals surface area (Å²) in [6, 6.07) is 0. The first-order valence-electron chi connectivity index (χ1n) is 4.58. The summed E-state index contributed by atoms with van der Waals surface area (Å²) >= 11 is 0. The molecule has 0 amide bonds. The SMILES string of the molecule is [2H]COC(O)[C@H](O)[C@@H](O)[C@H](O)[C@H](O)CO. The molecule has 1 unspecified atom stereocenters. The predicted molar refractivity (Wildman–Crippen MR) is 44.1 cm³/mol. The van der Waals surface area contributed by atoms with Crippen molar-refractivity contribution in [1.82, 2.24) is 0 Å². The van der Waals surface area contributed by atoms with Gasteiger partial charge in [0.15, 0.2) is 6.29 Å². The molecule has 0 aliphatic heterocycles. The van der Waals surface area contributed by atoms with E-state index in [9.17, 15) is 10.2 Å². The number of hydrogen-bond donors (Lipinski definition) is 6. The second kappa shape index (κ2) is 6.25. The summed E-state index contributed by atoms with van der Waals surface area (Å²) in [5, 5.41) is 53.9. The second-order valence-electron chi connectivity index (χ2n) is 2.78. The Labute approximate surface area is 82.2 Å². The van der Waals surface area contributed by atoms with Crippen LogP contribution in [0.15, 0.2) is 0 Å². The van der Waals surface area contributed by atoms with Gasteiger partial charge in [0, 0.05) is 7.09 Å². The van der Waals surface area contributed by atoms with Gasteiger partial charge in [-0.25, -0.2) is 0 Å². The number of aliphatic hydroxyl groups is 6. The molecule has 0 aromatic carbocycles. The lowest BCUT2D eigenvalue weighted by Crippen LogP contribution is -2.50. The van der Waals surface area contributed by atoms with Crippen LogP contribution in [0.2, 0.25) is 0 Å². The van der Waals surface area contributed by atoms with Crippen molar-refractivity contribution in [3.05, 3.63) is 0 Å². The number of aliphatic hydroxyl groups excluding tert-OH is 6. The third kappa shape index (κ3) is 3.46. The zero-order valence-corrected chi connectivity index (χ0v) is 7.39. The van der Waals surface area contributed by atoms with Crippen LogP contribution in [0.5, 0.6) is 0 Å². The van der Waals surface area contributed by atoms with E-state index in [1.165, 1.54) is 0 Å². The van der Waals surface area contributed by atoms with Gasteiger partial charge in [-0.3, -0.25) is 0 Å². The molecule has 86 valence electrons. The van der Waals surface area contributed by atoms with Crippen LogP contribution < -0.4 is 0 Å². The highest BCUT2D eigenvalue weighted by atomic mass is 16.6. The Morgan fingerprint density at radius 1 is 1.07 bits per heavy atom. The maximum atomic E-state index is 9.21. The summed E-state index contributed by atoms with van der Waals surface area (Å²) in [5.41, 5.74) is 0. The van der Waals surface area contributed by atoms with Crippen LogP contribution in [0.3, 0.4) is 0 Å². The Bertz CT molecular complexity index is 169. The molecule has 0 aliphatic carbocycles. The van der Waals surface area contributed by atoms with Gasteiger partial charge >= 0.3 is 0 Å². The summed E-state index contributed by atoms with van der Waals surface area (Å²) < 4.78 is 10.8. The van der Waals surface area contributed by atoms with Gasteiger partial charge in [0.25, 0.3) is 0 Å². The number of hydrogen-bond acceptors (Lipinski definition) is 7. The van der Waals surface area contributed by atoms with E-state index in [2.05, 4.69) is 4.74 Å². The maximum Gasteiger partial charge on any atom is 0.183 e. The fourth-order valence-corrected chi connectivity index (χ4v) is 0.805. The minimum atomic E-state index is -1.89. The molecule has 0 heterocycles. The second-order valence-corrected chi connectivity index (χ2v) is 2.78. The molecule has 0 aromatic rings. The number of rotatable bonds is 6. The van der Waals surface area contributed by atoms with Crippen molar-refractivity contribution in [1.29, 1.82) is 0 Å². The first-order valence-corrected chi connectivity index (χ1v) is 3.87. The van der Waals surface area contributed by atoms with Crippen molar-refractivity contribution in [2.75, 3.05) is 13.7 Å². The van der Waals surface area contributed by atoms with Crippen LogP contribution >= 0.6 is 0 Å². The summed E-state index contributed by atoms with van der Waals surface area (Å²) in [6.45, 7) is -0.805. The standard InChI is InChI=1S/C7H16O7/c1-14-7(13)6(12)5(11)4(10)3(9)2-8/h3-13H,2H2,1H3/t3-,4-,5+,6-,7?/m1/s1/i1D. The lowest BCUT2D eigenvalue weighted by atomic mass is 10.0. The Hall–Kier alpha value is -0.280. The van der Waals surface area contributed by atoms with Gasteiger partial charge in [0.05, 0.1) is 7.98 Å². The molecule has 7 nitrogen and oxygen atoms in total. The van der Waals surface area contributed by atoms with E-state index in [0.29, 0.717) is 0 Å².